The molecule has 0 spiro atoms. The molecule has 0 radical (unpaired) electrons. The van der Waals surface area contributed by atoms with Gasteiger partial charge in [0.15, 0.2) is 9.84 Å². The standard InChI is InChI=1S/C19H30O3S/c1-2-3-4-5-8-13-18(20)14-9-7-12-17-23(21,22)19-15-10-6-11-16-19/h2,6,10-11,15-16,18,20H,1,3-5,7-9,12-14,17H2. The van der Waals surface area contributed by atoms with Crippen molar-refractivity contribution in [3.05, 3.63) is 43.0 Å². The van der Waals surface area contributed by atoms with E-state index in [4.69, 9.17) is 0 Å². The molecule has 4 heteroatoms. The maximum Gasteiger partial charge on any atom is 0.178 e. The molecule has 1 N–H and O–H groups in total. The summed E-state index contributed by atoms with van der Waals surface area (Å²) >= 11 is 0. The summed E-state index contributed by atoms with van der Waals surface area (Å²) in [5, 5.41) is 9.90. The zero-order valence-corrected chi connectivity index (χ0v) is 14.8. The van der Waals surface area contributed by atoms with Gasteiger partial charge in [-0.2, -0.15) is 0 Å². The maximum atomic E-state index is 12.1. The van der Waals surface area contributed by atoms with E-state index in [1.54, 1.807) is 24.3 Å². The second-order valence-corrected chi connectivity index (χ2v) is 8.17. The highest BCUT2D eigenvalue weighted by molar-refractivity contribution is 7.91. The largest absolute Gasteiger partial charge is 0.393 e. The molecule has 0 fully saturated rings. The smallest absolute Gasteiger partial charge is 0.178 e. The highest BCUT2D eigenvalue weighted by Crippen LogP contribution is 2.15. The van der Waals surface area contributed by atoms with Gasteiger partial charge in [0.25, 0.3) is 0 Å². The van der Waals surface area contributed by atoms with Gasteiger partial charge in [-0.15, -0.1) is 6.58 Å². The number of benzene rings is 1. The van der Waals surface area contributed by atoms with E-state index in [0.717, 1.165) is 51.4 Å². The molecule has 0 amide bonds. The number of hydrogen-bond acceptors (Lipinski definition) is 3. The summed E-state index contributed by atoms with van der Waals surface area (Å²) < 4.78 is 24.2. The Balaban J connectivity index is 2.10. The fourth-order valence-corrected chi connectivity index (χ4v) is 3.98. The Labute approximate surface area is 141 Å². The molecule has 1 unspecified atom stereocenters. The Bertz CT molecular complexity index is 523. The van der Waals surface area contributed by atoms with Gasteiger partial charge in [-0.1, -0.05) is 50.0 Å². The van der Waals surface area contributed by atoms with E-state index >= 15 is 0 Å². The lowest BCUT2D eigenvalue weighted by molar-refractivity contribution is 0.147. The first-order valence-electron chi connectivity index (χ1n) is 8.63. The van der Waals surface area contributed by atoms with E-state index < -0.39 is 9.84 Å². The predicted octanol–water partition coefficient (Wildman–Crippen LogP) is 4.52. The third-order valence-electron chi connectivity index (χ3n) is 4.00. The van der Waals surface area contributed by atoms with Gasteiger partial charge in [0.05, 0.1) is 16.8 Å². The quantitative estimate of drug-likeness (QED) is 0.425. The van der Waals surface area contributed by atoms with Crippen molar-refractivity contribution in [2.24, 2.45) is 0 Å². The molecule has 23 heavy (non-hydrogen) atoms. The molecular weight excluding hydrogens is 308 g/mol. The van der Waals surface area contributed by atoms with E-state index in [2.05, 4.69) is 6.58 Å². The number of unbranched alkanes of at least 4 members (excludes halogenated alkanes) is 5. The molecule has 0 aliphatic heterocycles. The second kappa shape index (κ2) is 11.4. The van der Waals surface area contributed by atoms with Crippen molar-refractivity contribution >= 4 is 9.84 Å². The third-order valence-corrected chi connectivity index (χ3v) is 5.81. The molecule has 1 atom stereocenters. The van der Waals surface area contributed by atoms with E-state index in [-0.39, 0.29) is 11.9 Å². The van der Waals surface area contributed by atoms with Gasteiger partial charge in [0.1, 0.15) is 0 Å². The van der Waals surface area contributed by atoms with E-state index in [1.165, 1.54) is 0 Å². The van der Waals surface area contributed by atoms with Gasteiger partial charge in [-0.05, 0) is 44.2 Å². The summed E-state index contributed by atoms with van der Waals surface area (Å²) in [7, 11) is -3.15. The van der Waals surface area contributed by atoms with Crippen LogP contribution >= 0.6 is 0 Å². The molecule has 3 nitrogen and oxygen atoms in total. The molecular formula is C19H30O3S. The highest BCUT2D eigenvalue weighted by Gasteiger charge is 2.13. The molecule has 1 aromatic rings. The van der Waals surface area contributed by atoms with Crippen molar-refractivity contribution < 1.29 is 13.5 Å². The molecule has 0 aliphatic rings. The Hall–Kier alpha value is -1.13. The zero-order valence-electron chi connectivity index (χ0n) is 14.0. The lowest BCUT2D eigenvalue weighted by atomic mass is 10.0. The van der Waals surface area contributed by atoms with Gasteiger partial charge in [0, 0.05) is 0 Å². The highest BCUT2D eigenvalue weighted by atomic mass is 32.2. The van der Waals surface area contributed by atoms with Crippen molar-refractivity contribution in [3.63, 3.8) is 0 Å². The molecule has 0 aliphatic carbocycles. The minimum atomic E-state index is -3.15. The molecule has 1 aromatic carbocycles. The number of hydrogen-bond donors (Lipinski definition) is 1. The van der Waals surface area contributed by atoms with Crippen LogP contribution in [0.25, 0.3) is 0 Å². The minimum absolute atomic E-state index is 0.189. The summed E-state index contributed by atoms with van der Waals surface area (Å²) in [5.41, 5.74) is 0. The minimum Gasteiger partial charge on any atom is -0.393 e. The first-order chi connectivity index (χ1) is 11.1. The van der Waals surface area contributed by atoms with Crippen molar-refractivity contribution in [1.29, 1.82) is 0 Å². The van der Waals surface area contributed by atoms with Gasteiger partial charge < -0.3 is 5.11 Å². The van der Waals surface area contributed by atoms with Crippen LogP contribution in [0, 0.1) is 0 Å². The number of sulfone groups is 1. The monoisotopic (exact) mass is 338 g/mol. The lowest BCUT2D eigenvalue weighted by Gasteiger charge is -2.10. The van der Waals surface area contributed by atoms with Gasteiger partial charge in [0.2, 0.25) is 0 Å². The summed E-state index contributed by atoms with van der Waals surface area (Å²) in [6.07, 6.45) is 10.1. The van der Waals surface area contributed by atoms with Crippen molar-refractivity contribution in [2.75, 3.05) is 5.75 Å². The third kappa shape index (κ3) is 8.92. The first kappa shape index (κ1) is 19.9. The van der Waals surface area contributed by atoms with Crippen molar-refractivity contribution in [3.8, 4) is 0 Å². The van der Waals surface area contributed by atoms with Crippen LogP contribution in [0.3, 0.4) is 0 Å². The van der Waals surface area contributed by atoms with E-state index in [0.29, 0.717) is 11.3 Å². The molecule has 0 bridgehead atoms. The molecule has 0 heterocycles. The van der Waals surface area contributed by atoms with Gasteiger partial charge in [-0.25, -0.2) is 8.42 Å². The SMILES string of the molecule is C=CCCCCCC(O)CCCCCS(=O)(=O)c1ccccc1. The average Bonchev–Trinajstić information content (AvgIpc) is 2.55. The van der Waals surface area contributed by atoms with Crippen LogP contribution < -0.4 is 0 Å². The Morgan fingerprint density at radius 2 is 1.57 bits per heavy atom. The maximum absolute atomic E-state index is 12.1. The van der Waals surface area contributed by atoms with Crippen LogP contribution in [0.5, 0.6) is 0 Å². The predicted molar refractivity (Wildman–Crippen MR) is 96.3 cm³/mol. The van der Waals surface area contributed by atoms with Crippen LogP contribution in [-0.4, -0.2) is 25.4 Å². The fraction of sp³-hybridized carbons (Fsp3) is 0.579. The number of allylic oxidation sites excluding steroid dienone is 1. The van der Waals surface area contributed by atoms with Crippen LogP contribution in [0.4, 0.5) is 0 Å². The van der Waals surface area contributed by atoms with Crippen LogP contribution in [0.15, 0.2) is 47.9 Å². The molecule has 1 rings (SSSR count). The van der Waals surface area contributed by atoms with Gasteiger partial charge >= 0.3 is 0 Å². The Kier molecular flexibility index (Phi) is 9.88. The zero-order chi connectivity index (χ0) is 17.0. The molecule has 0 saturated heterocycles. The van der Waals surface area contributed by atoms with Crippen LogP contribution in [0.1, 0.15) is 57.8 Å². The van der Waals surface area contributed by atoms with Crippen LogP contribution in [-0.2, 0) is 9.84 Å². The summed E-state index contributed by atoms with van der Waals surface area (Å²) in [4.78, 5) is 0.402. The Morgan fingerprint density at radius 1 is 0.957 bits per heavy atom. The molecule has 130 valence electrons. The summed E-state index contributed by atoms with van der Waals surface area (Å²) in [5.74, 6) is 0.189. The molecule has 0 saturated carbocycles. The normalized spacial score (nSPS) is 12.9. The Morgan fingerprint density at radius 3 is 2.17 bits per heavy atom. The summed E-state index contributed by atoms with van der Waals surface area (Å²) in [6.45, 7) is 3.70. The average molecular weight is 339 g/mol. The van der Waals surface area contributed by atoms with Crippen molar-refractivity contribution in [2.45, 2.75) is 68.8 Å². The number of rotatable bonds is 13. The molecule has 0 aromatic heterocycles. The number of aliphatic hydroxyl groups excluding tert-OH is 1. The fourth-order valence-electron chi connectivity index (χ4n) is 2.58. The second-order valence-electron chi connectivity index (χ2n) is 6.06. The summed E-state index contributed by atoms with van der Waals surface area (Å²) in [6, 6.07) is 8.60. The lowest BCUT2D eigenvalue weighted by Crippen LogP contribution is -2.08. The van der Waals surface area contributed by atoms with E-state index in [1.807, 2.05) is 12.1 Å². The number of aliphatic hydroxyl groups is 1. The van der Waals surface area contributed by atoms with Gasteiger partial charge in [-0.3, -0.25) is 0 Å². The first-order valence-corrected chi connectivity index (χ1v) is 10.3. The van der Waals surface area contributed by atoms with E-state index in [9.17, 15) is 13.5 Å². The van der Waals surface area contributed by atoms with Crippen LogP contribution in [0.2, 0.25) is 0 Å². The topological polar surface area (TPSA) is 54.4 Å². The van der Waals surface area contributed by atoms with Crippen molar-refractivity contribution in [1.82, 2.24) is 0 Å².